The summed E-state index contributed by atoms with van der Waals surface area (Å²) >= 11 is 5.85. The number of hydrogen-bond donors (Lipinski definition) is 1. The van der Waals surface area contributed by atoms with E-state index in [1.54, 1.807) is 29.2 Å². The Morgan fingerprint density at radius 2 is 1.88 bits per heavy atom. The third-order valence-corrected chi connectivity index (χ3v) is 4.51. The van der Waals surface area contributed by atoms with Crippen molar-refractivity contribution >= 4 is 23.5 Å². The SMILES string of the molecule is O=C(O)CC1CCN(C(=O)Cn2nnc(-c3ccc(Cl)cc3)n2)CC1. The van der Waals surface area contributed by atoms with Gasteiger partial charge < -0.3 is 10.0 Å². The summed E-state index contributed by atoms with van der Waals surface area (Å²) in [6.45, 7) is 1.15. The van der Waals surface area contributed by atoms with Gasteiger partial charge in [0.15, 0.2) is 0 Å². The van der Waals surface area contributed by atoms with Crippen LogP contribution in [0.2, 0.25) is 5.02 Å². The van der Waals surface area contributed by atoms with Gasteiger partial charge in [-0.2, -0.15) is 4.80 Å². The zero-order valence-electron chi connectivity index (χ0n) is 13.5. The minimum absolute atomic E-state index is 0.0180. The average Bonchev–Trinajstić information content (AvgIpc) is 3.04. The van der Waals surface area contributed by atoms with E-state index in [0.717, 1.165) is 5.56 Å². The van der Waals surface area contributed by atoms with E-state index in [9.17, 15) is 9.59 Å². The van der Waals surface area contributed by atoms with Gasteiger partial charge in [-0.15, -0.1) is 10.2 Å². The molecule has 1 saturated heterocycles. The van der Waals surface area contributed by atoms with Gasteiger partial charge in [-0.1, -0.05) is 11.6 Å². The summed E-state index contributed by atoms with van der Waals surface area (Å²) in [6.07, 6.45) is 1.58. The zero-order valence-corrected chi connectivity index (χ0v) is 14.3. The van der Waals surface area contributed by atoms with Crippen molar-refractivity contribution in [1.82, 2.24) is 25.1 Å². The molecule has 1 amide bonds. The van der Waals surface area contributed by atoms with Crippen molar-refractivity contribution in [3.05, 3.63) is 29.3 Å². The van der Waals surface area contributed by atoms with Gasteiger partial charge in [-0.05, 0) is 48.2 Å². The van der Waals surface area contributed by atoms with E-state index in [1.165, 1.54) is 4.80 Å². The Morgan fingerprint density at radius 1 is 1.20 bits per heavy atom. The molecule has 1 aliphatic heterocycles. The number of tetrazole rings is 1. The first-order valence-electron chi connectivity index (χ1n) is 8.04. The van der Waals surface area contributed by atoms with Crippen LogP contribution in [0.25, 0.3) is 11.4 Å². The van der Waals surface area contributed by atoms with Crippen LogP contribution >= 0.6 is 11.6 Å². The van der Waals surface area contributed by atoms with Gasteiger partial charge in [-0.3, -0.25) is 9.59 Å². The first kappa shape index (κ1) is 17.3. The maximum Gasteiger partial charge on any atom is 0.303 e. The molecule has 2 heterocycles. The molecule has 1 N–H and O–H groups in total. The number of aliphatic carboxylic acids is 1. The highest BCUT2D eigenvalue weighted by Gasteiger charge is 2.24. The number of likely N-dealkylation sites (tertiary alicyclic amines) is 1. The van der Waals surface area contributed by atoms with Gasteiger partial charge in [-0.25, -0.2) is 0 Å². The fourth-order valence-corrected chi connectivity index (χ4v) is 3.01. The molecule has 3 rings (SSSR count). The third kappa shape index (κ3) is 4.54. The van der Waals surface area contributed by atoms with Crippen molar-refractivity contribution in [1.29, 1.82) is 0 Å². The van der Waals surface area contributed by atoms with Crippen molar-refractivity contribution in [2.24, 2.45) is 5.92 Å². The lowest BCUT2D eigenvalue weighted by molar-refractivity contribution is -0.138. The molecule has 1 fully saturated rings. The van der Waals surface area contributed by atoms with Crippen LogP contribution in [-0.4, -0.2) is 55.2 Å². The molecule has 25 heavy (non-hydrogen) atoms. The predicted octanol–water partition coefficient (Wildman–Crippen LogP) is 1.71. The Kier molecular flexibility index (Phi) is 5.28. The molecule has 2 aromatic rings. The van der Waals surface area contributed by atoms with Gasteiger partial charge in [0.05, 0.1) is 0 Å². The van der Waals surface area contributed by atoms with Crippen molar-refractivity contribution < 1.29 is 14.7 Å². The fraction of sp³-hybridized carbons (Fsp3) is 0.438. The van der Waals surface area contributed by atoms with E-state index in [0.29, 0.717) is 36.8 Å². The minimum Gasteiger partial charge on any atom is -0.481 e. The number of carbonyl (C=O) groups excluding carboxylic acids is 1. The Labute approximate surface area is 149 Å². The normalized spacial score (nSPS) is 15.3. The summed E-state index contributed by atoms with van der Waals surface area (Å²) in [7, 11) is 0. The minimum atomic E-state index is -0.786. The molecule has 0 saturated carbocycles. The summed E-state index contributed by atoms with van der Waals surface area (Å²) in [5, 5.41) is 21.6. The van der Waals surface area contributed by atoms with Gasteiger partial charge >= 0.3 is 5.97 Å². The van der Waals surface area contributed by atoms with Crippen molar-refractivity contribution in [2.45, 2.75) is 25.8 Å². The first-order chi connectivity index (χ1) is 12.0. The number of hydrogen-bond acceptors (Lipinski definition) is 5. The molecular formula is C16H18ClN5O3. The van der Waals surface area contributed by atoms with E-state index in [2.05, 4.69) is 15.4 Å². The Morgan fingerprint density at radius 3 is 2.52 bits per heavy atom. The van der Waals surface area contributed by atoms with Crippen LogP contribution in [0.15, 0.2) is 24.3 Å². The van der Waals surface area contributed by atoms with Crippen LogP contribution < -0.4 is 0 Å². The van der Waals surface area contributed by atoms with Crippen LogP contribution in [0.3, 0.4) is 0 Å². The summed E-state index contributed by atoms with van der Waals surface area (Å²) in [6, 6.07) is 7.06. The lowest BCUT2D eigenvalue weighted by Crippen LogP contribution is -2.40. The molecule has 1 aromatic carbocycles. The van der Waals surface area contributed by atoms with Gasteiger partial charge in [0.1, 0.15) is 6.54 Å². The maximum absolute atomic E-state index is 12.4. The molecule has 1 aromatic heterocycles. The lowest BCUT2D eigenvalue weighted by atomic mass is 9.93. The number of rotatable bonds is 5. The lowest BCUT2D eigenvalue weighted by Gasteiger charge is -2.31. The predicted molar refractivity (Wildman–Crippen MR) is 89.8 cm³/mol. The largest absolute Gasteiger partial charge is 0.481 e. The molecule has 0 atom stereocenters. The van der Waals surface area contributed by atoms with E-state index >= 15 is 0 Å². The van der Waals surface area contributed by atoms with Crippen molar-refractivity contribution in [2.75, 3.05) is 13.1 Å². The molecule has 9 heteroatoms. The molecule has 0 radical (unpaired) electrons. The Hall–Kier alpha value is -2.48. The van der Waals surface area contributed by atoms with E-state index in [4.69, 9.17) is 16.7 Å². The highest BCUT2D eigenvalue weighted by atomic mass is 35.5. The van der Waals surface area contributed by atoms with Crippen molar-refractivity contribution in [3.63, 3.8) is 0 Å². The zero-order chi connectivity index (χ0) is 17.8. The molecular weight excluding hydrogens is 346 g/mol. The third-order valence-electron chi connectivity index (χ3n) is 4.26. The van der Waals surface area contributed by atoms with Crippen molar-refractivity contribution in [3.8, 4) is 11.4 Å². The standard InChI is InChI=1S/C16H18ClN5O3/c17-13-3-1-12(2-4-13)16-18-20-22(19-16)10-14(23)21-7-5-11(6-8-21)9-15(24)25/h1-4,11H,5-10H2,(H,24,25). The molecule has 0 spiro atoms. The number of aromatic nitrogens is 4. The van der Waals surface area contributed by atoms with E-state index < -0.39 is 5.97 Å². The maximum atomic E-state index is 12.4. The summed E-state index contributed by atoms with van der Waals surface area (Å²) in [5.41, 5.74) is 0.776. The van der Waals surface area contributed by atoms with Crippen LogP contribution in [-0.2, 0) is 16.1 Å². The monoisotopic (exact) mass is 363 g/mol. The highest BCUT2D eigenvalue weighted by Crippen LogP contribution is 2.21. The van der Waals surface area contributed by atoms with Crippen LogP contribution in [0, 0.1) is 5.92 Å². The Bertz CT molecular complexity index is 753. The van der Waals surface area contributed by atoms with Gasteiger partial charge in [0, 0.05) is 30.1 Å². The quantitative estimate of drug-likeness (QED) is 0.867. The van der Waals surface area contributed by atoms with Crippen LogP contribution in [0.5, 0.6) is 0 Å². The number of halogens is 1. The topological polar surface area (TPSA) is 101 Å². The molecule has 132 valence electrons. The number of carboxylic acids is 1. The first-order valence-corrected chi connectivity index (χ1v) is 8.42. The highest BCUT2D eigenvalue weighted by molar-refractivity contribution is 6.30. The number of piperidine rings is 1. The smallest absolute Gasteiger partial charge is 0.303 e. The molecule has 0 bridgehead atoms. The molecule has 8 nitrogen and oxygen atoms in total. The number of amides is 1. The summed E-state index contributed by atoms with van der Waals surface area (Å²) in [5.74, 6) is -0.299. The number of benzene rings is 1. The second kappa shape index (κ2) is 7.60. The van der Waals surface area contributed by atoms with Crippen LogP contribution in [0.1, 0.15) is 19.3 Å². The van der Waals surface area contributed by atoms with E-state index in [-0.39, 0.29) is 24.8 Å². The fourth-order valence-electron chi connectivity index (χ4n) is 2.88. The number of nitrogens with zero attached hydrogens (tertiary/aromatic N) is 5. The Balaban J connectivity index is 1.55. The molecule has 0 unspecified atom stereocenters. The second-order valence-electron chi connectivity index (χ2n) is 6.07. The number of carbonyl (C=O) groups is 2. The molecule has 1 aliphatic rings. The summed E-state index contributed by atoms with van der Waals surface area (Å²) in [4.78, 5) is 26.1. The van der Waals surface area contributed by atoms with Gasteiger partial charge in [0.2, 0.25) is 11.7 Å². The van der Waals surface area contributed by atoms with E-state index in [1.807, 2.05) is 0 Å². The average molecular weight is 364 g/mol. The summed E-state index contributed by atoms with van der Waals surface area (Å²) < 4.78 is 0. The second-order valence-corrected chi connectivity index (χ2v) is 6.51. The molecule has 0 aliphatic carbocycles. The van der Waals surface area contributed by atoms with Gasteiger partial charge in [0.25, 0.3) is 0 Å². The number of carboxylic acid groups (broad SMARTS) is 1. The van der Waals surface area contributed by atoms with Crippen LogP contribution in [0.4, 0.5) is 0 Å².